The van der Waals surface area contributed by atoms with Crippen molar-refractivity contribution in [3.05, 3.63) is 24.3 Å². The maximum Gasteiger partial charge on any atom is 0.0794 e. The number of rotatable bonds is 1. The highest BCUT2D eigenvalue weighted by Gasteiger charge is 2.28. The molecule has 0 amide bonds. The predicted octanol–water partition coefficient (Wildman–Crippen LogP) is 0.548. The van der Waals surface area contributed by atoms with Gasteiger partial charge < -0.3 is 5.11 Å². The van der Waals surface area contributed by atoms with Crippen molar-refractivity contribution >= 4 is 0 Å². The van der Waals surface area contributed by atoms with Crippen LogP contribution in [0.3, 0.4) is 0 Å². The quantitative estimate of drug-likeness (QED) is 0.591. The smallest absolute Gasteiger partial charge is 0.0794 e. The van der Waals surface area contributed by atoms with E-state index in [1.807, 2.05) is 0 Å². The van der Waals surface area contributed by atoms with E-state index in [2.05, 4.69) is 29.2 Å². The molecule has 2 heteroatoms. The Bertz CT molecular complexity index is 192. The van der Waals surface area contributed by atoms with E-state index < -0.39 is 0 Å². The molecule has 0 aromatic carbocycles. The van der Waals surface area contributed by atoms with Gasteiger partial charge in [0.15, 0.2) is 0 Å². The van der Waals surface area contributed by atoms with Gasteiger partial charge in [0.25, 0.3) is 0 Å². The van der Waals surface area contributed by atoms with Gasteiger partial charge in [-0.1, -0.05) is 24.3 Å². The second kappa shape index (κ2) is 2.80. The second-order valence-corrected chi connectivity index (χ2v) is 3.22. The summed E-state index contributed by atoms with van der Waals surface area (Å²) in [7, 11) is 0. The Labute approximate surface area is 66.8 Å². The molecule has 1 N–H and O–H groups in total. The summed E-state index contributed by atoms with van der Waals surface area (Å²) in [6.45, 7) is 1.70. The molecule has 0 unspecified atom stereocenters. The number of likely N-dealkylation sites (tertiary alicyclic amines) is 1. The number of aliphatic hydroxyl groups excluding tert-OH is 1. The molecule has 1 aliphatic heterocycles. The number of β-amino-alcohol motifs (C(OH)–C–C–N with tert-alkyl or cyclic N) is 1. The van der Waals surface area contributed by atoms with Crippen molar-refractivity contribution in [2.75, 3.05) is 13.1 Å². The van der Waals surface area contributed by atoms with Crippen molar-refractivity contribution in [1.29, 1.82) is 0 Å². The lowest BCUT2D eigenvalue weighted by Crippen LogP contribution is -2.54. The average Bonchev–Trinajstić information content (AvgIpc) is 2.01. The lowest BCUT2D eigenvalue weighted by Gasteiger charge is -2.40. The molecule has 0 saturated carbocycles. The van der Waals surface area contributed by atoms with Crippen molar-refractivity contribution in [3.8, 4) is 0 Å². The van der Waals surface area contributed by atoms with E-state index in [-0.39, 0.29) is 6.10 Å². The Morgan fingerprint density at radius 2 is 2.09 bits per heavy atom. The Morgan fingerprint density at radius 3 is 2.64 bits per heavy atom. The fraction of sp³-hybridized carbons (Fsp3) is 0.556. The van der Waals surface area contributed by atoms with Crippen LogP contribution in [0, 0.1) is 0 Å². The molecule has 60 valence electrons. The Hall–Kier alpha value is -0.600. The highest BCUT2D eigenvalue weighted by atomic mass is 16.3. The minimum Gasteiger partial charge on any atom is -0.390 e. The molecular formula is C9H13NO. The fourth-order valence-corrected chi connectivity index (χ4v) is 1.60. The lowest BCUT2D eigenvalue weighted by molar-refractivity contribution is -0.0132. The molecule has 0 aromatic heterocycles. The van der Waals surface area contributed by atoms with E-state index >= 15 is 0 Å². The van der Waals surface area contributed by atoms with Crippen molar-refractivity contribution in [2.45, 2.75) is 18.6 Å². The Morgan fingerprint density at radius 1 is 1.27 bits per heavy atom. The summed E-state index contributed by atoms with van der Waals surface area (Å²) in [4.78, 5) is 2.30. The van der Waals surface area contributed by atoms with Gasteiger partial charge in [-0.2, -0.15) is 0 Å². The minimum absolute atomic E-state index is 0.0747. The molecule has 2 aliphatic rings. The molecule has 1 saturated heterocycles. The van der Waals surface area contributed by atoms with Gasteiger partial charge in [-0.25, -0.2) is 0 Å². The molecule has 1 atom stereocenters. The van der Waals surface area contributed by atoms with E-state index in [1.54, 1.807) is 0 Å². The van der Waals surface area contributed by atoms with Gasteiger partial charge in [0.1, 0.15) is 0 Å². The molecule has 0 bridgehead atoms. The first-order chi connectivity index (χ1) is 5.36. The third-order valence-corrected chi connectivity index (χ3v) is 2.32. The molecule has 1 fully saturated rings. The first-order valence-electron chi connectivity index (χ1n) is 4.12. The molecule has 1 aliphatic carbocycles. The Kier molecular flexibility index (Phi) is 1.80. The number of hydrogen-bond acceptors (Lipinski definition) is 2. The third-order valence-electron chi connectivity index (χ3n) is 2.32. The molecule has 0 aromatic rings. The lowest BCUT2D eigenvalue weighted by atomic mass is 10.0. The summed E-state index contributed by atoms with van der Waals surface area (Å²) in [5.74, 6) is 0. The summed E-state index contributed by atoms with van der Waals surface area (Å²) in [6.07, 6.45) is 9.56. The second-order valence-electron chi connectivity index (χ2n) is 3.22. The van der Waals surface area contributed by atoms with E-state index in [9.17, 15) is 0 Å². The van der Waals surface area contributed by atoms with Crippen molar-refractivity contribution in [2.24, 2.45) is 0 Å². The summed E-state index contributed by atoms with van der Waals surface area (Å²) in [6, 6.07) is 0.545. The SMILES string of the molecule is OC1CN([C@@H]2C=CC=CC2)C1. The van der Waals surface area contributed by atoms with Gasteiger partial charge in [0.05, 0.1) is 6.10 Å². The zero-order valence-electron chi connectivity index (χ0n) is 6.48. The normalized spacial score (nSPS) is 32.3. The molecule has 0 spiro atoms. The zero-order valence-corrected chi connectivity index (χ0v) is 6.48. The van der Waals surface area contributed by atoms with E-state index in [1.165, 1.54) is 0 Å². The van der Waals surface area contributed by atoms with Crippen molar-refractivity contribution < 1.29 is 5.11 Å². The Balaban J connectivity index is 1.87. The number of hydrogen-bond donors (Lipinski definition) is 1. The molecule has 2 rings (SSSR count). The van der Waals surface area contributed by atoms with Crippen LogP contribution >= 0.6 is 0 Å². The van der Waals surface area contributed by atoms with Crippen LogP contribution in [-0.4, -0.2) is 35.2 Å². The van der Waals surface area contributed by atoms with Crippen molar-refractivity contribution in [3.63, 3.8) is 0 Å². The average molecular weight is 151 g/mol. The summed E-state index contributed by atoms with van der Waals surface area (Å²) in [5.41, 5.74) is 0. The first-order valence-corrected chi connectivity index (χ1v) is 4.12. The van der Waals surface area contributed by atoms with Crippen molar-refractivity contribution in [1.82, 2.24) is 4.90 Å². The number of allylic oxidation sites excluding steroid dienone is 2. The van der Waals surface area contributed by atoms with Gasteiger partial charge in [-0.3, -0.25) is 4.90 Å². The van der Waals surface area contributed by atoms with Gasteiger partial charge in [-0.15, -0.1) is 0 Å². The van der Waals surface area contributed by atoms with Gasteiger partial charge in [0.2, 0.25) is 0 Å². The van der Waals surface area contributed by atoms with E-state index in [0.717, 1.165) is 19.5 Å². The fourth-order valence-electron chi connectivity index (χ4n) is 1.60. The highest BCUT2D eigenvalue weighted by Crippen LogP contribution is 2.18. The van der Waals surface area contributed by atoms with E-state index in [0.29, 0.717) is 6.04 Å². The largest absolute Gasteiger partial charge is 0.390 e. The summed E-state index contributed by atoms with van der Waals surface area (Å²) in [5, 5.41) is 9.07. The third kappa shape index (κ3) is 1.37. The van der Waals surface area contributed by atoms with Gasteiger partial charge in [-0.05, 0) is 6.42 Å². The van der Waals surface area contributed by atoms with Gasteiger partial charge in [0, 0.05) is 19.1 Å². The zero-order chi connectivity index (χ0) is 7.68. The maximum absolute atomic E-state index is 9.07. The van der Waals surface area contributed by atoms with Gasteiger partial charge >= 0.3 is 0 Å². The topological polar surface area (TPSA) is 23.5 Å². The predicted molar refractivity (Wildman–Crippen MR) is 44.3 cm³/mol. The standard InChI is InChI=1S/C9H13NO/c11-9-6-10(7-9)8-4-2-1-3-5-8/h1-4,8-9,11H,5-7H2/t8-/m1/s1. The van der Waals surface area contributed by atoms with Crippen LogP contribution in [0.1, 0.15) is 6.42 Å². The molecular weight excluding hydrogens is 138 g/mol. The molecule has 0 radical (unpaired) electrons. The highest BCUT2D eigenvalue weighted by molar-refractivity contribution is 5.14. The van der Waals surface area contributed by atoms with Crippen LogP contribution in [0.25, 0.3) is 0 Å². The van der Waals surface area contributed by atoms with Crippen LogP contribution in [0.4, 0.5) is 0 Å². The van der Waals surface area contributed by atoms with E-state index in [4.69, 9.17) is 5.11 Å². The van der Waals surface area contributed by atoms with Crippen LogP contribution < -0.4 is 0 Å². The molecule has 11 heavy (non-hydrogen) atoms. The van der Waals surface area contributed by atoms with Crippen LogP contribution in [0.2, 0.25) is 0 Å². The molecule has 2 nitrogen and oxygen atoms in total. The summed E-state index contributed by atoms with van der Waals surface area (Å²) >= 11 is 0. The van der Waals surface area contributed by atoms with Crippen LogP contribution in [0.15, 0.2) is 24.3 Å². The van der Waals surface area contributed by atoms with Crippen LogP contribution in [-0.2, 0) is 0 Å². The maximum atomic E-state index is 9.07. The molecule has 1 heterocycles. The van der Waals surface area contributed by atoms with Crippen LogP contribution in [0.5, 0.6) is 0 Å². The monoisotopic (exact) mass is 151 g/mol. The number of aliphatic hydroxyl groups is 1. The summed E-state index contributed by atoms with van der Waals surface area (Å²) < 4.78 is 0. The minimum atomic E-state index is -0.0747. The number of nitrogens with zero attached hydrogens (tertiary/aromatic N) is 1. The first kappa shape index (κ1) is 7.07.